The fourth-order valence-corrected chi connectivity index (χ4v) is 4.20. The highest BCUT2D eigenvalue weighted by molar-refractivity contribution is 7.16. The molecule has 0 unspecified atom stereocenters. The van der Waals surface area contributed by atoms with Crippen molar-refractivity contribution in [2.45, 2.75) is 40.5 Å². The van der Waals surface area contributed by atoms with Gasteiger partial charge in [-0.3, -0.25) is 4.79 Å². The second-order valence-corrected chi connectivity index (χ2v) is 8.52. The van der Waals surface area contributed by atoms with Gasteiger partial charge in [0.15, 0.2) is 5.82 Å². The first-order valence-corrected chi connectivity index (χ1v) is 12.1. The summed E-state index contributed by atoms with van der Waals surface area (Å²) >= 11 is 1.50. The van der Waals surface area contributed by atoms with E-state index in [-0.39, 0.29) is 18.4 Å². The van der Waals surface area contributed by atoms with Crippen LogP contribution in [0.1, 0.15) is 42.5 Å². The molecular formula is C26H29N3O4S. The van der Waals surface area contributed by atoms with Crippen molar-refractivity contribution in [2.24, 2.45) is 0 Å². The van der Waals surface area contributed by atoms with Gasteiger partial charge in [-0.05, 0) is 63.1 Å². The lowest BCUT2D eigenvalue weighted by molar-refractivity contribution is -0.142. The van der Waals surface area contributed by atoms with Crippen molar-refractivity contribution in [3.05, 3.63) is 64.2 Å². The maximum absolute atomic E-state index is 11.7. The molecule has 0 saturated carbocycles. The Morgan fingerprint density at radius 2 is 1.74 bits per heavy atom. The molecule has 34 heavy (non-hydrogen) atoms. The molecule has 1 N–H and O–H groups in total. The molecule has 0 atom stereocenters. The van der Waals surface area contributed by atoms with Crippen LogP contribution in [0.2, 0.25) is 0 Å². The quantitative estimate of drug-likeness (QED) is 0.303. The van der Waals surface area contributed by atoms with Gasteiger partial charge in [0.25, 0.3) is 0 Å². The van der Waals surface area contributed by atoms with Gasteiger partial charge in [0, 0.05) is 27.9 Å². The molecule has 0 bridgehead atoms. The molecule has 0 aliphatic heterocycles. The summed E-state index contributed by atoms with van der Waals surface area (Å²) in [6.07, 6.45) is 4.18. The summed E-state index contributed by atoms with van der Waals surface area (Å²) in [6, 6.07) is 11.5. The van der Waals surface area contributed by atoms with Crippen molar-refractivity contribution in [1.82, 2.24) is 9.97 Å². The van der Waals surface area contributed by atoms with Crippen LogP contribution in [-0.2, 0) is 31.9 Å². The Bertz CT molecular complexity index is 1170. The number of anilines is 2. The largest absolute Gasteiger partial charge is 0.466 e. The van der Waals surface area contributed by atoms with E-state index in [1.54, 1.807) is 19.9 Å². The maximum Gasteiger partial charge on any atom is 0.330 e. The number of esters is 2. The van der Waals surface area contributed by atoms with E-state index in [9.17, 15) is 9.59 Å². The highest BCUT2D eigenvalue weighted by Crippen LogP contribution is 2.30. The first-order valence-electron chi connectivity index (χ1n) is 11.3. The molecule has 0 aliphatic carbocycles. The van der Waals surface area contributed by atoms with Crippen LogP contribution in [0.3, 0.4) is 0 Å². The molecule has 0 aliphatic rings. The molecule has 3 aromatic rings. The summed E-state index contributed by atoms with van der Waals surface area (Å²) in [4.78, 5) is 34.6. The number of benzene rings is 1. The van der Waals surface area contributed by atoms with Gasteiger partial charge < -0.3 is 14.8 Å². The molecule has 0 radical (unpaired) electrons. The Morgan fingerprint density at radius 3 is 2.41 bits per heavy atom. The van der Waals surface area contributed by atoms with Gasteiger partial charge in [0.05, 0.1) is 24.5 Å². The van der Waals surface area contributed by atoms with Gasteiger partial charge in [0.2, 0.25) is 0 Å². The van der Waals surface area contributed by atoms with E-state index in [4.69, 9.17) is 19.4 Å². The third-order valence-corrected chi connectivity index (χ3v) is 6.00. The first-order chi connectivity index (χ1) is 16.4. The third-order valence-electron chi connectivity index (χ3n) is 4.96. The maximum atomic E-state index is 11.7. The lowest BCUT2D eigenvalue weighted by atomic mass is 10.1. The molecule has 2 aromatic heterocycles. The number of aryl methyl sites for hydroxylation is 1. The number of hydrogen-bond donors (Lipinski definition) is 1. The molecule has 178 valence electrons. The van der Waals surface area contributed by atoms with E-state index < -0.39 is 0 Å². The molecular weight excluding hydrogens is 450 g/mol. The molecule has 0 fully saturated rings. The van der Waals surface area contributed by atoms with E-state index in [1.807, 2.05) is 43.3 Å². The molecule has 1 aromatic carbocycles. The lowest BCUT2D eigenvalue weighted by Crippen LogP contribution is -2.07. The Labute approximate surface area is 203 Å². The minimum atomic E-state index is -0.364. The summed E-state index contributed by atoms with van der Waals surface area (Å²) in [5, 5.41) is 3.40. The van der Waals surface area contributed by atoms with Crippen LogP contribution in [0.4, 0.5) is 11.5 Å². The fraction of sp³-hybridized carbons (Fsp3) is 0.308. The summed E-state index contributed by atoms with van der Waals surface area (Å²) in [7, 11) is 0. The Balaban J connectivity index is 1.81. The smallest absolute Gasteiger partial charge is 0.330 e. The molecule has 0 amide bonds. The summed E-state index contributed by atoms with van der Waals surface area (Å²) in [5.74, 6) is 0.772. The molecule has 2 heterocycles. The highest BCUT2D eigenvalue weighted by Gasteiger charge is 2.14. The van der Waals surface area contributed by atoms with E-state index in [0.29, 0.717) is 19.0 Å². The molecule has 3 rings (SSSR count). The SMILES string of the molecule is CCOC(=O)/C=C/c1ccc(-c2nc(C)c(CC)c(Nc3ccc(CC(=O)OCC)cc3)n2)s1. The van der Waals surface area contributed by atoms with Crippen molar-refractivity contribution < 1.29 is 19.1 Å². The zero-order chi connectivity index (χ0) is 24.5. The van der Waals surface area contributed by atoms with Gasteiger partial charge in [-0.25, -0.2) is 14.8 Å². The zero-order valence-electron chi connectivity index (χ0n) is 19.9. The lowest BCUT2D eigenvalue weighted by Gasteiger charge is -2.14. The summed E-state index contributed by atoms with van der Waals surface area (Å²) in [6.45, 7) is 8.35. The van der Waals surface area contributed by atoms with Crippen LogP contribution < -0.4 is 5.32 Å². The van der Waals surface area contributed by atoms with Crippen molar-refractivity contribution >= 4 is 40.9 Å². The van der Waals surface area contributed by atoms with Gasteiger partial charge in [0.1, 0.15) is 5.82 Å². The van der Waals surface area contributed by atoms with E-state index >= 15 is 0 Å². The van der Waals surface area contributed by atoms with Crippen LogP contribution in [-0.4, -0.2) is 35.1 Å². The van der Waals surface area contributed by atoms with E-state index in [0.717, 1.165) is 44.5 Å². The van der Waals surface area contributed by atoms with Gasteiger partial charge in [-0.15, -0.1) is 11.3 Å². The van der Waals surface area contributed by atoms with Crippen molar-refractivity contribution in [3.8, 4) is 10.7 Å². The number of nitrogens with one attached hydrogen (secondary N) is 1. The minimum absolute atomic E-state index is 0.236. The van der Waals surface area contributed by atoms with Gasteiger partial charge in [-0.2, -0.15) is 0 Å². The standard InChI is InChI=1S/C26H29N3O4S/c1-5-21-17(4)27-26(22-14-12-20(34-22)13-15-23(30)32-6-2)29-25(21)28-19-10-8-18(9-11-19)16-24(31)33-7-3/h8-15H,5-7,16H2,1-4H3,(H,27,28,29)/b15-13+. The average Bonchev–Trinajstić information content (AvgIpc) is 3.28. The predicted octanol–water partition coefficient (Wildman–Crippen LogP) is 5.50. The van der Waals surface area contributed by atoms with E-state index in [1.165, 1.54) is 17.4 Å². The van der Waals surface area contributed by atoms with Crippen molar-refractivity contribution in [3.63, 3.8) is 0 Å². The second-order valence-electron chi connectivity index (χ2n) is 7.40. The molecule has 7 nitrogen and oxygen atoms in total. The van der Waals surface area contributed by atoms with Crippen molar-refractivity contribution in [1.29, 1.82) is 0 Å². The molecule has 0 spiro atoms. The van der Waals surface area contributed by atoms with Gasteiger partial charge in [-0.1, -0.05) is 19.1 Å². The van der Waals surface area contributed by atoms with Crippen LogP contribution >= 0.6 is 11.3 Å². The van der Waals surface area contributed by atoms with Crippen LogP contribution in [0, 0.1) is 6.92 Å². The third kappa shape index (κ3) is 6.74. The molecule has 8 heteroatoms. The summed E-state index contributed by atoms with van der Waals surface area (Å²) in [5.41, 5.74) is 3.71. The number of rotatable bonds is 10. The second kappa shape index (κ2) is 12.1. The number of ether oxygens (including phenoxy) is 2. The predicted molar refractivity (Wildman–Crippen MR) is 135 cm³/mol. The Kier molecular flexibility index (Phi) is 8.93. The van der Waals surface area contributed by atoms with Crippen molar-refractivity contribution in [2.75, 3.05) is 18.5 Å². The number of nitrogens with zero attached hydrogens (tertiary/aromatic N) is 2. The van der Waals surface area contributed by atoms with Gasteiger partial charge >= 0.3 is 11.9 Å². The first kappa shape index (κ1) is 25.1. The van der Waals surface area contributed by atoms with Crippen LogP contribution in [0.15, 0.2) is 42.5 Å². The number of carbonyl (C=O) groups is 2. The number of aromatic nitrogens is 2. The average molecular weight is 480 g/mol. The number of carbonyl (C=O) groups excluding carboxylic acids is 2. The highest BCUT2D eigenvalue weighted by atomic mass is 32.1. The molecule has 0 saturated heterocycles. The zero-order valence-corrected chi connectivity index (χ0v) is 20.7. The normalized spacial score (nSPS) is 10.9. The Hall–Kier alpha value is -3.52. The van der Waals surface area contributed by atoms with Crippen LogP contribution in [0.5, 0.6) is 0 Å². The van der Waals surface area contributed by atoms with Crippen LogP contribution in [0.25, 0.3) is 16.8 Å². The number of thiophene rings is 1. The van der Waals surface area contributed by atoms with E-state index in [2.05, 4.69) is 12.2 Å². The Morgan fingerprint density at radius 1 is 1.00 bits per heavy atom. The topological polar surface area (TPSA) is 90.4 Å². The monoisotopic (exact) mass is 479 g/mol. The fourth-order valence-electron chi connectivity index (χ4n) is 3.36. The summed E-state index contributed by atoms with van der Waals surface area (Å²) < 4.78 is 9.94. The number of hydrogen-bond acceptors (Lipinski definition) is 8. The minimum Gasteiger partial charge on any atom is -0.466 e.